The maximum Gasteiger partial charge on any atom is 0.323 e. The van der Waals surface area contributed by atoms with Gasteiger partial charge in [0.2, 0.25) is 0 Å². The SMILES string of the molecule is CS(=O)(=O)c1ccc(NC(=O)Nc2cnc3c(c2)CNCC3)cc1. The number of pyridine rings is 1. The molecule has 2 aromatic rings. The summed E-state index contributed by atoms with van der Waals surface area (Å²) < 4.78 is 22.8. The topological polar surface area (TPSA) is 100 Å². The third-order valence-corrected chi connectivity index (χ3v) is 4.84. The quantitative estimate of drug-likeness (QED) is 0.786. The minimum absolute atomic E-state index is 0.208. The van der Waals surface area contributed by atoms with E-state index in [0.717, 1.165) is 37.0 Å². The fourth-order valence-electron chi connectivity index (χ4n) is 2.49. The number of rotatable bonds is 3. The van der Waals surface area contributed by atoms with E-state index in [1.54, 1.807) is 18.3 Å². The molecule has 0 fully saturated rings. The number of urea groups is 1. The van der Waals surface area contributed by atoms with Gasteiger partial charge in [0.1, 0.15) is 0 Å². The van der Waals surface area contributed by atoms with Crippen LogP contribution in [-0.4, -0.2) is 32.2 Å². The maximum absolute atomic E-state index is 12.0. The number of nitrogens with one attached hydrogen (secondary N) is 3. The molecular weight excluding hydrogens is 328 g/mol. The average molecular weight is 346 g/mol. The van der Waals surface area contributed by atoms with Crippen molar-refractivity contribution in [1.29, 1.82) is 0 Å². The van der Waals surface area contributed by atoms with Crippen molar-refractivity contribution in [1.82, 2.24) is 10.3 Å². The Morgan fingerprint density at radius 1 is 1.17 bits per heavy atom. The van der Waals surface area contributed by atoms with E-state index in [1.165, 1.54) is 12.1 Å². The molecule has 0 spiro atoms. The summed E-state index contributed by atoms with van der Waals surface area (Å²) in [7, 11) is -3.25. The average Bonchev–Trinajstić information content (AvgIpc) is 2.54. The van der Waals surface area contributed by atoms with Gasteiger partial charge in [0.15, 0.2) is 9.84 Å². The highest BCUT2D eigenvalue weighted by Crippen LogP contribution is 2.17. The van der Waals surface area contributed by atoms with Gasteiger partial charge in [0.05, 0.1) is 16.8 Å². The molecule has 0 bridgehead atoms. The molecule has 3 N–H and O–H groups in total. The number of nitrogens with zero attached hydrogens (tertiary/aromatic N) is 1. The second-order valence-electron chi connectivity index (χ2n) is 5.63. The molecule has 2 amide bonds. The van der Waals surface area contributed by atoms with Crippen molar-refractivity contribution in [3.63, 3.8) is 0 Å². The minimum atomic E-state index is -3.25. The van der Waals surface area contributed by atoms with Gasteiger partial charge >= 0.3 is 6.03 Å². The Balaban J connectivity index is 1.65. The molecule has 1 aromatic heterocycles. The van der Waals surface area contributed by atoms with Crippen LogP contribution in [0.25, 0.3) is 0 Å². The number of carbonyl (C=O) groups excluding carboxylic acids is 1. The van der Waals surface area contributed by atoms with Gasteiger partial charge in [0.25, 0.3) is 0 Å². The summed E-state index contributed by atoms with van der Waals surface area (Å²) in [5, 5.41) is 8.65. The highest BCUT2D eigenvalue weighted by Gasteiger charge is 2.12. The summed E-state index contributed by atoms with van der Waals surface area (Å²) >= 11 is 0. The number of hydrogen-bond acceptors (Lipinski definition) is 5. The van der Waals surface area contributed by atoms with Crippen LogP contribution in [0.5, 0.6) is 0 Å². The lowest BCUT2D eigenvalue weighted by Crippen LogP contribution is -2.25. The molecule has 24 heavy (non-hydrogen) atoms. The van der Waals surface area contributed by atoms with Gasteiger partial charge in [-0.2, -0.15) is 0 Å². The van der Waals surface area contributed by atoms with Crippen LogP contribution in [0.2, 0.25) is 0 Å². The summed E-state index contributed by atoms with van der Waals surface area (Å²) in [6, 6.07) is 7.50. The Kier molecular flexibility index (Phi) is 4.50. The van der Waals surface area contributed by atoms with E-state index in [-0.39, 0.29) is 4.90 Å². The van der Waals surface area contributed by atoms with Crippen LogP contribution >= 0.6 is 0 Å². The molecule has 0 saturated carbocycles. The summed E-state index contributed by atoms with van der Waals surface area (Å²) in [4.78, 5) is 16.6. The fraction of sp³-hybridized carbons (Fsp3) is 0.250. The van der Waals surface area contributed by atoms with E-state index in [2.05, 4.69) is 20.9 Å². The van der Waals surface area contributed by atoms with Crippen molar-refractivity contribution in [3.05, 3.63) is 47.8 Å². The fourth-order valence-corrected chi connectivity index (χ4v) is 3.12. The van der Waals surface area contributed by atoms with E-state index < -0.39 is 15.9 Å². The first-order valence-electron chi connectivity index (χ1n) is 7.48. The first-order valence-corrected chi connectivity index (χ1v) is 9.37. The largest absolute Gasteiger partial charge is 0.323 e. The first-order chi connectivity index (χ1) is 11.4. The maximum atomic E-state index is 12.0. The molecule has 2 heterocycles. The minimum Gasteiger partial charge on any atom is -0.312 e. The molecular formula is C16H18N4O3S. The molecule has 8 heteroatoms. The van der Waals surface area contributed by atoms with E-state index in [0.29, 0.717) is 11.4 Å². The predicted molar refractivity (Wildman–Crippen MR) is 91.8 cm³/mol. The van der Waals surface area contributed by atoms with Crippen LogP contribution in [0.3, 0.4) is 0 Å². The standard InChI is InChI=1S/C16H18N4O3S/c1-24(22,23)14-4-2-12(3-5-14)19-16(21)20-13-8-11-9-17-7-6-15(11)18-10-13/h2-5,8,10,17H,6-7,9H2,1H3,(H2,19,20,21). The number of fused-ring (bicyclic) bond motifs is 1. The summed E-state index contributed by atoms with van der Waals surface area (Å²) in [6.07, 6.45) is 3.66. The second kappa shape index (κ2) is 6.58. The van der Waals surface area contributed by atoms with Crippen molar-refractivity contribution in [2.24, 2.45) is 0 Å². The van der Waals surface area contributed by atoms with Crippen LogP contribution in [0, 0.1) is 0 Å². The van der Waals surface area contributed by atoms with Crippen molar-refractivity contribution in [3.8, 4) is 0 Å². The summed E-state index contributed by atoms with van der Waals surface area (Å²) in [6.45, 7) is 1.66. The highest BCUT2D eigenvalue weighted by molar-refractivity contribution is 7.90. The van der Waals surface area contributed by atoms with Crippen molar-refractivity contribution in [2.75, 3.05) is 23.4 Å². The van der Waals surface area contributed by atoms with Crippen LogP contribution in [0.4, 0.5) is 16.2 Å². The van der Waals surface area contributed by atoms with Crippen LogP contribution in [-0.2, 0) is 22.8 Å². The monoisotopic (exact) mass is 346 g/mol. The lowest BCUT2D eigenvalue weighted by Gasteiger charge is -2.17. The Labute approximate surface area is 140 Å². The zero-order valence-corrected chi connectivity index (χ0v) is 14.0. The van der Waals surface area contributed by atoms with Crippen molar-refractivity contribution < 1.29 is 13.2 Å². The molecule has 1 aliphatic heterocycles. The van der Waals surface area contributed by atoms with Crippen molar-refractivity contribution >= 4 is 27.2 Å². The van der Waals surface area contributed by atoms with Gasteiger partial charge in [-0.25, -0.2) is 13.2 Å². The van der Waals surface area contributed by atoms with Gasteiger partial charge in [-0.3, -0.25) is 4.98 Å². The lowest BCUT2D eigenvalue weighted by molar-refractivity contribution is 0.262. The van der Waals surface area contributed by atoms with E-state index in [1.807, 2.05) is 6.07 Å². The molecule has 126 valence electrons. The molecule has 3 rings (SSSR count). The third-order valence-electron chi connectivity index (χ3n) is 3.71. The second-order valence-corrected chi connectivity index (χ2v) is 7.65. The Hall–Kier alpha value is -2.45. The molecule has 1 aromatic carbocycles. The Morgan fingerprint density at radius 2 is 1.88 bits per heavy atom. The molecule has 7 nitrogen and oxygen atoms in total. The zero-order chi connectivity index (χ0) is 17.2. The summed E-state index contributed by atoms with van der Waals surface area (Å²) in [5.74, 6) is 0. The molecule has 0 atom stereocenters. The number of anilines is 2. The molecule has 0 saturated heterocycles. The van der Waals surface area contributed by atoms with Crippen LogP contribution in [0.1, 0.15) is 11.3 Å². The number of hydrogen-bond donors (Lipinski definition) is 3. The summed E-state index contributed by atoms with van der Waals surface area (Å²) in [5.41, 5.74) is 3.25. The molecule has 1 aliphatic rings. The molecule has 0 unspecified atom stereocenters. The van der Waals surface area contributed by atoms with E-state index in [4.69, 9.17) is 0 Å². The normalized spacial score (nSPS) is 13.9. The van der Waals surface area contributed by atoms with Crippen LogP contribution in [0.15, 0.2) is 41.4 Å². The van der Waals surface area contributed by atoms with E-state index in [9.17, 15) is 13.2 Å². The van der Waals surface area contributed by atoms with Gasteiger partial charge in [-0.15, -0.1) is 0 Å². The number of sulfone groups is 1. The van der Waals surface area contributed by atoms with Crippen LogP contribution < -0.4 is 16.0 Å². The van der Waals surface area contributed by atoms with Crippen molar-refractivity contribution in [2.45, 2.75) is 17.9 Å². The molecule has 0 radical (unpaired) electrons. The number of benzene rings is 1. The van der Waals surface area contributed by atoms with E-state index >= 15 is 0 Å². The lowest BCUT2D eigenvalue weighted by atomic mass is 10.1. The smallest absolute Gasteiger partial charge is 0.312 e. The third kappa shape index (κ3) is 3.90. The van der Waals surface area contributed by atoms with Gasteiger partial charge in [-0.05, 0) is 35.9 Å². The van der Waals surface area contributed by atoms with Gasteiger partial charge in [-0.1, -0.05) is 0 Å². The van der Waals surface area contributed by atoms with Gasteiger partial charge < -0.3 is 16.0 Å². The Bertz CT molecular complexity index is 863. The number of aromatic nitrogens is 1. The Morgan fingerprint density at radius 3 is 2.58 bits per heavy atom. The van der Waals surface area contributed by atoms with Gasteiger partial charge in [0, 0.05) is 37.1 Å². The zero-order valence-electron chi connectivity index (χ0n) is 13.2. The molecule has 0 aliphatic carbocycles. The number of amides is 2. The number of carbonyl (C=O) groups is 1. The first kappa shape index (κ1) is 16.4. The predicted octanol–water partition coefficient (Wildman–Crippen LogP) is 1.77. The highest BCUT2D eigenvalue weighted by atomic mass is 32.2.